The fourth-order valence-corrected chi connectivity index (χ4v) is 4.21. The molecule has 0 spiro atoms. The molecule has 0 heterocycles. The zero-order valence-corrected chi connectivity index (χ0v) is 21.4. The largest absolute Gasteiger partial charge is 0.481 e. The Balaban J connectivity index is 0.00000172. The van der Waals surface area contributed by atoms with Gasteiger partial charge in [0.25, 0.3) is 0 Å². The van der Waals surface area contributed by atoms with E-state index in [0.29, 0.717) is 12.8 Å². The number of aliphatic hydroxyl groups is 2. The summed E-state index contributed by atoms with van der Waals surface area (Å²) in [6.07, 6.45) is 12.1. The molecule has 1 unspecified atom stereocenters. The molecule has 0 bridgehead atoms. The molecule has 0 aromatic rings. The minimum absolute atomic E-state index is 0.0168. The first kappa shape index (κ1) is 31.1. The summed E-state index contributed by atoms with van der Waals surface area (Å²) in [5.74, 6) is -0.416. The third-order valence-electron chi connectivity index (χ3n) is 5.56. The van der Waals surface area contributed by atoms with Crippen LogP contribution < -0.4 is 5.14 Å². The van der Waals surface area contributed by atoms with Gasteiger partial charge in [0, 0.05) is 17.7 Å². The van der Waals surface area contributed by atoms with Gasteiger partial charge in [0.2, 0.25) is 10.0 Å². The molecule has 5 N–H and O–H groups in total. The van der Waals surface area contributed by atoms with E-state index in [1.165, 1.54) is 5.57 Å². The maximum atomic E-state index is 10.5. The highest BCUT2D eigenvalue weighted by molar-refractivity contribution is 7.88. The van der Waals surface area contributed by atoms with Gasteiger partial charge in [0.1, 0.15) is 0 Å². The summed E-state index contributed by atoms with van der Waals surface area (Å²) in [4.78, 5) is 10.5. The number of aliphatic hydroxyl groups excluding tert-OH is 2. The number of allylic oxidation sites excluding steroid dienone is 2. The second-order valence-corrected chi connectivity index (χ2v) is 11.3. The van der Waals surface area contributed by atoms with Crippen molar-refractivity contribution < 1.29 is 28.5 Å². The molecule has 32 heavy (non-hydrogen) atoms. The number of halogens is 1. The van der Waals surface area contributed by atoms with Crippen LogP contribution in [-0.4, -0.2) is 53.5 Å². The minimum Gasteiger partial charge on any atom is -0.481 e. The van der Waals surface area contributed by atoms with Crippen LogP contribution in [0.3, 0.4) is 0 Å². The lowest BCUT2D eigenvalue weighted by Gasteiger charge is -2.21. The zero-order valence-electron chi connectivity index (χ0n) is 19.8. The number of nitrogens with two attached hydrogens (primary N) is 1. The smallest absolute Gasteiger partial charge is 0.303 e. The van der Waals surface area contributed by atoms with Crippen molar-refractivity contribution in [1.29, 1.82) is 0 Å². The number of carboxylic acids is 1. The topological polar surface area (TPSA) is 138 Å². The number of carboxylic acid groups (broad SMARTS) is 1. The van der Waals surface area contributed by atoms with Gasteiger partial charge in [-0.25, -0.2) is 13.6 Å². The first-order chi connectivity index (χ1) is 14.7. The molecule has 1 aliphatic rings. The number of hydrogen-bond acceptors (Lipinski definition) is 5. The molecule has 0 radical (unpaired) electrons. The number of aliphatic carboxylic acids is 1. The monoisotopic (exact) mass is 495 g/mol. The summed E-state index contributed by atoms with van der Waals surface area (Å²) >= 11 is 6.47. The number of hydrogen-bond donors (Lipinski definition) is 4. The molecule has 0 amide bonds. The standard InChI is InChI=1S/C22H37ClO4.CH5NO2S/c1-15(2)10-11-16(3)20(24)13-12-18-17(19(23)14-21(18)25)8-6-4-5-7-9-22(26)27;1-5(2,3)4/h10,12-13,16-21,24-25H,4-9,11,14H2,1-3H3,(H,26,27);1H3,(H2,2,3,4)/b13-12+;/t16?,17-,18-,19-,20-,21-;/m1./s1. The van der Waals surface area contributed by atoms with Crippen LogP contribution in [0.5, 0.6) is 0 Å². The fourth-order valence-electron chi connectivity index (χ4n) is 3.74. The van der Waals surface area contributed by atoms with Crippen LogP contribution in [0.1, 0.15) is 72.1 Å². The lowest BCUT2D eigenvalue weighted by molar-refractivity contribution is -0.137. The van der Waals surface area contributed by atoms with E-state index in [1.54, 1.807) is 0 Å². The molecule has 0 aromatic carbocycles. The molecule has 9 heteroatoms. The van der Waals surface area contributed by atoms with Crippen LogP contribution in [-0.2, 0) is 14.8 Å². The van der Waals surface area contributed by atoms with Crippen LogP contribution >= 0.6 is 11.6 Å². The van der Waals surface area contributed by atoms with Crippen molar-refractivity contribution in [1.82, 2.24) is 0 Å². The maximum Gasteiger partial charge on any atom is 0.303 e. The first-order valence-corrected chi connectivity index (χ1v) is 13.6. The van der Waals surface area contributed by atoms with Crippen molar-refractivity contribution in [2.24, 2.45) is 22.9 Å². The number of carbonyl (C=O) groups is 1. The third-order valence-corrected chi connectivity index (χ3v) is 6.06. The van der Waals surface area contributed by atoms with Gasteiger partial charge in [0.05, 0.1) is 18.5 Å². The van der Waals surface area contributed by atoms with Gasteiger partial charge in [-0.05, 0) is 51.4 Å². The molecule has 6 atom stereocenters. The molecule has 188 valence electrons. The maximum absolute atomic E-state index is 10.5. The van der Waals surface area contributed by atoms with Crippen LogP contribution in [0.25, 0.3) is 0 Å². The predicted molar refractivity (Wildman–Crippen MR) is 130 cm³/mol. The molecular weight excluding hydrogens is 454 g/mol. The lowest BCUT2D eigenvalue weighted by atomic mass is 9.88. The lowest BCUT2D eigenvalue weighted by Crippen LogP contribution is -2.20. The van der Waals surface area contributed by atoms with Gasteiger partial charge < -0.3 is 15.3 Å². The van der Waals surface area contributed by atoms with Crippen molar-refractivity contribution in [2.45, 2.75) is 89.7 Å². The highest BCUT2D eigenvalue weighted by Gasteiger charge is 2.39. The number of sulfonamides is 1. The average Bonchev–Trinajstić information content (AvgIpc) is 2.91. The molecule has 1 saturated carbocycles. The van der Waals surface area contributed by atoms with Crippen molar-refractivity contribution in [3.05, 3.63) is 23.8 Å². The van der Waals surface area contributed by atoms with Crippen LogP contribution in [0.15, 0.2) is 23.8 Å². The van der Waals surface area contributed by atoms with E-state index in [4.69, 9.17) is 16.7 Å². The van der Waals surface area contributed by atoms with Crippen LogP contribution in [0.2, 0.25) is 0 Å². The number of primary sulfonamides is 1. The van der Waals surface area contributed by atoms with E-state index in [1.807, 2.05) is 19.1 Å². The summed E-state index contributed by atoms with van der Waals surface area (Å²) in [5, 5.41) is 33.7. The van der Waals surface area contributed by atoms with Gasteiger partial charge in [-0.15, -0.1) is 11.6 Å². The van der Waals surface area contributed by atoms with Crippen LogP contribution in [0.4, 0.5) is 0 Å². The second-order valence-electron chi connectivity index (χ2n) is 9.11. The Morgan fingerprint density at radius 3 is 2.31 bits per heavy atom. The number of unbranched alkanes of at least 4 members (excludes halogenated alkanes) is 3. The van der Waals surface area contributed by atoms with Crippen molar-refractivity contribution in [3.63, 3.8) is 0 Å². The molecule has 0 aliphatic heterocycles. The van der Waals surface area contributed by atoms with Gasteiger partial charge in [0.15, 0.2) is 0 Å². The van der Waals surface area contributed by atoms with Crippen LogP contribution in [0, 0.1) is 17.8 Å². The Morgan fingerprint density at radius 1 is 1.22 bits per heavy atom. The van der Waals surface area contributed by atoms with Gasteiger partial charge in [-0.2, -0.15) is 0 Å². The Hall–Kier alpha value is -0.930. The highest BCUT2D eigenvalue weighted by atomic mass is 35.5. The summed E-state index contributed by atoms with van der Waals surface area (Å²) in [7, 11) is -3.17. The van der Waals surface area contributed by atoms with Crippen molar-refractivity contribution in [2.75, 3.05) is 6.26 Å². The third kappa shape index (κ3) is 15.8. The number of alkyl halides is 1. The summed E-state index contributed by atoms with van der Waals surface area (Å²) in [6.45, 7) is 6.13. The quantitative estimate of drug-likeness (QED) is 0.184. The Labute approximate surface area is 198 Å². The first-order valence-electron chi connectivity index (χ1n) is 11.2. The average molecular weight is 496 g/mol. The minimum atomic E-state index is -3.17. The Morgan fingerprint density at radius 2 is 1.78 bits per heavy atom. The molecule has 1 rings (SSSR count). The van der Waals surface area contributed by atoms with E-state index in [-0.39, 0.29) is 29.6 Å². The molecular formula is C23H42ClNO6S. The van der Waals surface area contributed by atoms with Crippen molar-refractivity contribution >= 4 is 27.6 Å². The molecule has 0 aromatic heterocycles. The van der Waals surface area contributed by atoms with Crippen molar-refractivity contribution in [3.8, 4) is 0 Å². The van der Waals surface area contributed by atoms with Gasteiger partial charge >= 0.3 is 5.97 Å². The highest BCUT2D eigenvalue weighted by Crippen LogP contribution is 2.40. The Bertz CT molecular complexity index is 697. The summed E-state index contributed by atoms with van der Waals surface area (Å²) in [6, 6.07) is 0. The predicted octanol–water partition coefficient (Wildman–Crippen LogP) is 3.83. The molecule has 1 aliphatic carbocycles. The van der Waals surface area contributed by atoms with E-state index in [9.17, 15) is 23.4 Å². The van der Waals surface area contributed by atoms with E-state index < -0.39 is 28.2 Å². The molecule has 0 saturated heterocycles. The van der Waals surface area contributed by atoms with Gasteiger partial charge in [-0.1, -0.05) is 50.0 Å². The zero-order chi connectivity index (χ0) is 24.9. The van der Waals surface area contributed by atoms with E-state index in [2.05, 4.69) is 25.1 Å². The van der Waals surface area contributed by atoms with E-state index in [0.717, 1.165) is 38.4 Å². The number of rotatable bonds is 12. The normalized spacial score (nSPS) is 25.1. The summed E-state index contributed by atoms with van der Waals surface area (Å²) < 4.78 is 18.8. The van der Waals surface area contributed by atoms with Gasteiger partial charge in [-0.3, -0.25) is 4.79 Å². The summed E-state index contributed by atoms with van der Waals surface area (Å²) in [5.41, 5.74) is 1.25. The second kappa shape index (κ2) is 15.8. The SMILES string of the molecule is CC(C)=CCC(C)[C@H](O)/C=C/[C@@H]1[C@@H](CCCCCCC(=O)O)[C@H](Cl)C[C@H]1O.CS(N)(=O)=O. The Kier molecular flexibility index (Phi) is 15.4. The molecule has 7 nitrogen and oxygen atoms in total. The molecule has 1 fully saturated rings. The van der Waals surface area contributed by atoms with E-state index >= 15 is 0 Å². The fraction of sp³-hybridized carbons (Fsp3) is 0.783.